The number of carbonyl (C=O) groups excluding carboxylic acids is 1. The van der Waals surface area contributed by atoms with Crippen molar-refractivity contribution >= 4 is 5.91 Å². The Kier molecular flexibility index (Phi) is 4.63. The van der Waals surface area contributed by atoms with Gasteiger partial charge in [0.1, 0.15) is 24.9 Å². The quantitative estimate of drug-likeness (QED) is 0.356. The first kappa shape index (κ1) is 13.3. The topological polar surface area (TPSA) is 125 Å². The van der Waals surface area contributed by atoms with Crippen molar-refractivity contribution in [1.29, 1.82) is 0 Å². The average Bonchev–Trinajstić information content (AvgIpc) is 2.25. The van der Waals surface area contributed by atoms with Crippen LogP contribution in [0.2, 0.25) is 0 Å². The third-order valence-corrected chi connectivity index (χ3v) is 2.40. The molecule has 7 nitrogen and oxygen atoms in total. The average molecular weight is 233 g/mol. The second-order valence-corrected chi connectivity index (χ2v) is 3.80. The lowest BCUT2D eigenvalue weighted by Crippen LogP contribution is -2.59. The third-order valence-electron chi connectivity index (χ3n) is 2.40. The lowest BCUT2D eigenvalue weighted by molar-refractivity contribution is -0.145. The van der Waals surface area contributed by atoms with E-state index >= 15 is 0 Å². The maximum atomic E-state index is 11.3. The molecule has 1 aliphatic rings. The number of hydrogen-bond donors (Lipinski definition) is 5. The number of aliphatic hydroxyl groups excluding tert-OH is 3. The molecule has 0 spiro atoms. The summed E-state index contributed by atoms with van der Waals surface area (Å²) in [5.74, 6) is -0.460. The zero-order chi connectivity index (χ0) is 12.3. The fraction of sp³-hybridized carbons (Fsp3) is 0.778. The number of nitrogens with two attached hydrogens (primary N) is 1. The van der Waals surface area contributed by atoms with Gasteiger partial charge in [0.2, 0.25) is 5.91 Å². The van der Waals surface area contributed by atoms with E-state index in [1.54, 1.807) is 0 Å². The van der Waals surface area contributed by atoms with E-state index in [9.17, 15) is 15.0 Å². The summed E-state index contributed by atoms with van der Waals surface area (Å²) in [4.78, 5) is 11.3. The van der Waals surface area contributed by atoms with Crippen molar-refractivity contribution in [3.05, 3.63) is 6.61 Å². The predicted octanol–water partition coefficient (Wildman–Crippen LogP) is -2.91. The summed E-state index contributed by atoms with van der Waals surface area (Å²) in [5, 5.41) is 30.4. The van der Waals surface area contributed by atoms with E-state index in [0.29, 0.717) is 0 Å². The smallest absolute Gasteiger partial charge is 0.237 e. The van der Waals surface area contributed by atoms with Crippen LogP contribution < -0.4 is 11.1 Å². The summed E-state index contributed by atoms with van der Waals surface area (Å²) < 4.78 is 4.96. The normalized spacial score (nSPS) is 36.8. The van der Waals surface area contributed by atoms with Gasteiger partial charge in [0.05, 0.1) is 18.7 Å². The van der Waals surface area contributed by atoms with Crippen molar-refractivity contribution in [3.63, 3.8) is 0 Å². The highest BCUT2D eigenvalue weighted by atomic mass is 16.5. The first-order chi connectivity index (χ1) is 7.47. The number of carbonyl (C=O) groups is 1. The van der Waals surface area contributed by atoms with Crippen molar-refractivity contribution in [3.8, 4) is 0 Å². The molecule has 1 aliphatic heterocycles. The molecule has 16 heavy (non-hydrogen) atoms. The highest BCUT2D eigenvalue weighted by Gasteiger charge is 2.39. The van der Waals surface area contributed by atoms with Crippen molar-refractivity contribution in [2.24, 2.45) is 5.73 Å². The molecule has 5 atom stereocenters. The molecule has 1 radical (unpaired) electrons. The zero-order valence-electron chi connectivity index (χ0n) is 8.91. The lowest BCUT2D eigenvalue weighted by atomic mass is 9.98. The monoisotopic (exact) mass is 233 g/mol. The standard InChI is InChI=1S/C9H17N2O5/c1-4(10)9(15)11-5-3-16-6(2-12)8(14)7(5)13/h3-8,12-14H,2,10H2,1H3,(H,11,15)/t4-,5+,6+,7+,8+/m0/s1. The number of rotatable bonds is 3. The highest BCUT2D eigenvalue weighted by Crippen LogP contribution is 2.18. The molecule has 0 bridgehead atoms. The number of nitrogens with one attached hydrogen (secondary N) is 1. The molecule has 0 aromatic carbocycles. The molecule has 1 rings (SSSR count). The van der Waals surface area contributed by atoms with Crippen LogP contribution in [0.25, 0.3) is 0 Å². The molecule has 0 aliphatic carbocycles. The fourth-order valence-electron chi connectivity index (χ4n) is 1.35. The van der Waals surface area contributed by atoms with E-state index in [1.807, 2.05) is 0 Å². The Labute approximate surface area is 93.2 Å². The summed E-state index contributed by atoms with van der Waals surface area (Å²) in [7, 11) is 0. The second-order valence-electron chi connectivity index (χ2n) is 3.80. The van der Waals surface area contributed by atoms with Crippen LogP contribution in [-0.2, 0) is 9.53 Å². The van der Waals surface area contributed by atoms with Crippen LogP contribution in [0.1, 0.15) is 6.92 Å². The first-order valence-corrected chi connectivity index (χ1v) is 4.99. The third kappa shape index (κ3) is 2.89. The number of amides is 1. The number of aliphatic hydroxyl groups is 3. The molecule has 0 unspecified atom stereocenters. The van der Waals surface area contributed by atoms with Gasteiger partial charge in [-0.1, -0.05) is 0 Å². The summed E-state index contributed by atoms with van der Waals surface area (Å²) in [6.07, 6.45) is -3.36. The predicted molar refractivity (Wildman–Crippen MR) is 53.9 cm³/mol. The minimum Gasteiger partial charge on any atom is -0.394 e. The lowest BCUT2D eigenvalue weighted by Gasteiger charge is -2.36. The van der Waals surface area contributed by atoms with Crippen LogP contribution >= 0.6 is 0 Å². The summed E-state index contributed by atoms with van der Waals surface area (Å²) in [6, 6.07) is -1.55. The molecule has 6 N–H and O–H groups in total. The van der Waals surface area contributed by atoms with Gasteiger partial charge in [0.15, 0.2) is 0 Å². The van der Waals surface area contributed by atoms with Crippen molar-refractivity contribution < 1.29 is 24.9 Å². The molecule has 1 heterocycles. The molecule has 93 valence electrons. The van der Waals surface area contributed by atoms with Gasteiger partial charge in [-0.3, -0.25) is 4.79 Å². The van der Waals surface area contributed by atoms with Gasteiger partial charge < -0.3 is 31.1 Å². The molecular formula is C9H17N2O5. The molecular weight excluding hydrogens is 216 g/mol. The zero-order valence-corrected chi connectivity index (χ0v) is 8.91. The Bertz CT molecular complexity index is 248. The second kappa shape index (κ2) is 5.55. The Balaban J connectivity index is 2.54. The number of hydrogen-bond acceptors (Lipinski definition) is 6. The maximum Gasteiger partial charge on any atom is 0.237 e. The Hall–Kier alpha value is -0.730. The van der Waals surface area contributed by atoms with Gasteiger partial charge in [0, 0.05) is 0 Å². The molecule has 1 amide bonds. The van der Waals surface area contributed by atoms with E-state index in [4.69, 9.17) is 15.6 Å². The Morgan fingerprint density at radius 3 is 2.69 bits per heavy atom. The summed E-state index contributed by atoms with van der Waals surface area (Å²) >= 11 is 0. The summed E-state index contributed by atoms with van der Waals surface area (Å²) in [5.41, 5.74) is 5.34. The van der Waals surface area contributed by atoms with Gasteiger partial charge in [-0.2, -0.15) is 0 Å². The van der Waals surface area contributed by atoms with Gasteiger partial charge in [-0.05, 0) is 6.92 Å². The van der Waals surface area contributed by atoms with Crippen molar-refractivity contribution in [1.82, 2.24) is 5.32 Å². The van der Waals surface area contributed by atoms with Gasteiger partial charge >= 0.3 is 0 Å². The van der Waals surface area contributed by atoms with Gasteiger partial charge in [-0.15, -0.1) is 0 Å². The minimum atomic E-state index is -1.26. The van der Waals surface area contributed by atoms with Crippen molar-refractivity contribution in [2.45, 2.75) is 37.3 Å². The van der Waals surface area contributed by atoms with Crippen LogP contribution in [0.5, 0.6) is 0 Å². The molecule has 1 saturated heterocycles. The molecule has 0 saturated carbocycles. The Morgan fingerprint density at radius 2 is 2.19 bits per heavy atom. The number of ether oxygens (including phenoxy) is 1. The van der Waals surface area contributed by atoms with E-state index < -0.39 is 42.9 Å². The van der Waals surface area contributed by atoms with Crippen LogP contribution in [0.15, 0.2) is 0 Å². The Morgan fingerprint density at radius 1 is 1.56 bits per heavy atom. The fourth-order valence-corrected chi connectivity index (χ4v) is 1.35. The van der Waals surface area contributed by atoms with Crippen LogP contribution in [0.3, 0.4) is 0 Å². The molecule has 0 aromatic heterocycles. The summed E-state index contributed by atoms with van der Waals surface area (Å²) in [6.45, 7) is 2.26. The molecule has 7 heteroatoms. The molecule has 1 fully saturated rings. The van der Waals surface area contributed by atoms with E-state index in [1.165, 1.54) is 13.5 Å². The first-order valence-electron chi connectivity index (χ1n) is 4.99. The highest BCUT2D eigenvalue weighted by molar-refractivity contribution is 5.81. The van der Waals surface area contributed by atoms with E-state index in [2.05, 4.69) is 5.32 Å². The maximum absolute atomic E-state index is 11.3. The van der Waals surface area contributed by atoms with Crippen LogP contribution in [-0.4, -0.2) is 58.2 Å². The largest absolute Gasteiger partial charge is 0.394 e. The minimum absolute atomic E-state index is 0.414. The van der Waals surface area contributed by atoms with Crippen LogP contribution in [0.4, 0.5) is 0 Å². The van der Waals surface area contributed by atoms with E-state index in [-0.39, 0.29) is 0 Å². The van der Waals surface area contributed by atoms with Crippen molar-refractivity contribution in [2.75, 3.05) is 6.61 Å². The SMILES string of the molecule is C[C@H](N)C(=O)N[C@@H]1[CH]O[C@H](CO)[C@@H](O)[C@@H]1O. The van der Waals surface area contributed by atoms with Gasteiger partial charge in [0.25, 0.3) is 0 Å². The van der Waals surface area contributed by atoms with Crippen LogP contribution in [0, 0.1) is 6.61 Å². The van der Waals surface area contributed by atoms with E-state index in [0.717, 1.165) is 0 Å². The van der Waals surface area contributed by atoms with Gasteiger partial charge in [-0.25, -0.2) is 0 Å². The molecule has 0 aromatic rings.